The van der Waals surface area contributed by atoms with Crippen LogP contribution in [0.5, 0.6) is 0 Å². The van der Waals surface area contributed by atoms with E-state index < -0.39 is 0 Å². The van der Waals surface area contributed by atoms with E-state index in [0.717, 1.165) is 60.5 Å². The van der Waals surface area contributed by atoms with Gasteiger partial charge in [0.1, 0.15) is 18.0 Å². The second-order valence-electron chi connectivity index (χ2n) is 8.94. The second kappa shape index (κ2) is 7.29. The first kappa shape index (κ1) is 18.5. The molecule has 0 spiro atoms. The molecule has 0 saturated heterocycles. The fourth-order valence-corrected chi connectivity index (χ4v) is 6.21. The zero-order valence-corrected chi connectivity index (χ0v) is 16.9. The molecule has 0 N–H and O–H groups in total. The number of para-hydroxylation sites is 1. The molecule has 4 fully saturated rings. The SMILES string of the molecule is CCC(=NC)N(CC(=O)OC12CC3CC(CC(C3)C1)C2)c1ccccc1C. The average molecular weight is 369 g/mol. The lowest BCUT2D eigenvalue weighted by Crippen LogP contribution is -2.53. The van der Waals surface area contributed by atoms with Gasteiger partial charge in [0.25, 0.3) is 0 Å². The van der Waals surface area contributed by atoms with Crippen LogP contribution in [-0.2, 0) is 9.53 Å². The van der Waals surface area contributed by atoms with Crippen molar-refractivity contribution in [1.82, 2.24) is 0 Å². The maximum Gasteiger partial charge on any atom is 0.326 e. The number of nitrogens with zero attached hydrogens (tertiary/aromatic N) is 2. The number of aryl methyl sites for hydroxylation is 1. The summed E-state index contributed by atoms with van der Waals surface area (Å²) in [4.78, 5) is 19.5. The Morgan fingerprint density at radius 3 is 2.26 bits per heavy atom. The molecule has 0 atom stereocenters. The fourth-order valence-electron chi connectivity index (χ4n) is 6.21. The van der Waals surface area contributed by atoms with Gasteiger partial charge in [0.05, 0.1) is 0 Å². The van der Waals surface area contributed by atoms with Gasteiger partial charge in [0.15, 0.2) is 0 Å². The van der Waals surface area contributed by atoms with Crippen molar-refractivity contribution in [1.29, 1.82) is 0 Å². The van der Waals surface area contributed by atoms with Crippen molar-refractivity contribution in [2.24, 2.45) is 22.7 Å². The van der Waals surface area contributed by atoms with Crippen LogP contribution in [0, 0.1) is 24.7 Å². The molecule has 27 heavy (non-hydrogen) atoms. The van der Waals surface area contributed by atoms with E-state index in [1.54, 1.807) is 7.05 Å². The molecule has 0 aliphatic heterocycles. The summed E-state index contributed by atoms with van der Waals surface area (Å²) in [5, 5.41) is 0. The summed E-state index contributed by atoms with van der Waals surface area (Å²) in [6.45, 7) is 4.40. The molecule has 4 aliphatic rings. The minimum Gasteiger partial charge on any atom is -0.458 e. The third-order valence-corrected chi connectivity index (χ3v) is 6.89. The quantitative estimate of drug-likeness (QED) is 0.428. The van der Waals surface area contributed by atoms with Gasteiger partial charge in [-0.05, 0) is 74.8 Å². The molecule has 0 amide bonds. The summed E-state index contributed by atoms with van der Waals surface area (Å²) < 4.78 is 6.25. The lowest BCUT2D eigenvalue weighted by molar-refractivity contribution is -0.184. The molecular formula is C23H32N2O2. The van der Waals surface area contributed by atoms with Crippen LogP contribution in [0.2, 0.25) is 0 Å². The number of benzene rings is 1. The van der Waals surface area contributed by atoms with Crippen LogP contribution >= 0.6 is 0 Å². The van der Waals surface area contributed by atoms with E-state index in [0.29, 0.717) is 0 Å². The van der Waals surface area contributed by atoms with E-state index in [1.165, 1.54) is 19.3 Å². The maximum atomic E-state index is 13.0. The molecule has 0 radical (unpaired) electrons. The average Bonchev–Trinajstić information content (AvgIpc) is 2.60. The Morgan fingerprint density at radius 2 is 1.74 bits per heavy atom. The number of esters is 1. The second-order valence-corrected chi connectivity index (χ2v) is 8.94. The Morgan fingerprint density at radius 1 is 1.15 bits per heavy atom. The van der Waals surface area contributed by atoms with E-state index in [1.807, 2.05) is 17.0 Å². The molecule has 4 nitrogen and oxygen atoms in total. The van der Waals surface area contributed by atoms with Crippen LogP contribution in [0.4, 0.5) is 5.69 Å². The van der Waals surface area contributed by atoms with Crippen LogP contribution in [0.25, 0.3) is 0 Å². The number of rotatable bonds is 5. The van der Waals surface area contributed by atoms with Gasteiger partial charge >= 0.3 is 5.97 Å². The highest BCUT2D eigenvalue weighted by Crippen LogP contribution is 2.57. The van der Waals surface area contributed by atoms with Gasteiger partial charge in [0, 0.05) is 19.2 Å². The van der Waals surface area contributed by atoms with Crippen molar-refractivity contribution in [3.05, 3.63) is 29.8 Å². The molecule has 5 rings (SSSR count). The fraction of sp³-hybridized carbons (Fsp3) is 0.652. The highest BCUT2D eigenvalue weighted by atomic mass is 16.6. The smallest absolute Gasteiger partial charge is 0.326 e. The van der Waals surface area contributed by atoms with Crippen LogP contribution in [0.15, 0.2) is 29.3 Å². The third kappa shape index (κ3) is 3.63. The first-order chi connectivity index (χ1) is 13.0. The Hall–Kier alpha value is -1.84. The van der Waals surface area contributed by atoms with Gasteiger partial charge in [-0.25, -0.2) is 0 Å². The third-order valence-electron chi connectivity index (χ3n) is 6.89. The predicted octanol–water partition coefficient (Wildman–Crippen LogP) is 4.75. The highest BCUT2D eigenvalue weighted by molar-refractivity contribution is 6.01. The number of ether oxygens (including phenoxy) is 1. The summed E-state index contributed by atoms with van der Waals surface area (Å²) in [6, 6.07) is 8.19. The molecule has 4 aliphatic carbocycles. The maximum absolute atomic E-state index is 13.0. The molecule has 146 valence electrons. The lowest BCUT2D eigenvalue weighted by atomic mass is 9.54. The van der Waals surface area contributed by atoms with E-state index in [9.17, 15) is 4.79 Å². The zero-order valence-electron chi connectivity index (χ0n) is 16.9. The van der Waals surface area contributed by atoms with Gasteiger partial charge < -0.3 is 9.64 Å². The van der Waals surface area contributed by atoms with Crippen molar-refractivity contribution in [2.75, 3.05) is 18.5 Å². The number of aliphatic imine (C=N–C) groups is 1. The van der Waals surface area contributed by atoms with E-state index in [-0.39, 0.29) is 18.1 Å². The number of amidine groups is 1. The highest BCUT2D eigenvalue weighted by Gasteiger charge is 2.53. The Labute approximate surface area is 163 Å². The van der Waals surface area contributed by atoms with Crippen molar-refractivity contribution in [3.63, 3.8) is 0 Å². The van der Waals surface area contributed by atoms with E-state index >= 15 is 0 Å². The standard InChI is InChI=1S/C23H32N2O2/c1-4-21(24-3)25(20-8-6-5-7-16(20)2)15-22(26)27-23-12-17-9-18(13-23)11-19(10-17)14-23/h5-8,17-19H,4,9-15H2,1-3H3. The number of anilines is 1. The van der Waals surface area contributed by atoms with Crippen molar-refractivity contribution in [2.45, 2.75) is 64.4 Å². The zero-order chi connectivity index (χ0) is 19.0. The number of hydrogen-bond donors (Lipinski definition) is 0. The molecule has 4 bridgehead atoms. The monoisotopic (exact) mass is 368 g/mol. The molecule has 4 saturated carbocycles. The summed E-state index contributed by atoms with van der Waals surface area (Å²) in [5.41, 5.74) is 2.01. The van der Waals surface area contributed by atoms with Crippen LogP contribution < -0.4 is 4.90 Å². The summed E-state index contributed by atoms with van der Waals surface area (Å²) in [6.07, 6.45) is 8.10. The topological polar surface area (TPSA) is 41.9 Å². The minimum atomic E-state index is -0.182. The minimum absolute atomic E-state index is 0.102. The lowest BCUT2D eigenvalue weighted by Gasteiger charge is -2.55. The Kier molecular flexibility index (Phi) is 5.00. The van der Waals surface area contributed by atoms with E-state index in [2.05, 4.69) is 31.0 Å². The van der Waals surface area contributed by atoms with Crippen LogP contribution in [-0.4, -0.2) is 31.0 Å². The van der Waals surface area contributed by atoms with Crippen LogP contribution in [0.3, 0.4) is 0 Å². The van der Waals surface area contributed by atoms with E-state index in [4.69, 9.17) is 4.74 Å². The van der Waals surface area contributed by atoms with Gasteiger partial charge in [0.2, 0.25) is 0 Å². The summed E-state index contributed by atoms with van der Waals surface area (Å²) in [7, 11) is 1.80. The molecule has 1 aromatic carbocycles. The van der Waals surface area contributed by atoms with Crippen molar-refractivity contribution in [3.8, 4) is 0 Å². The Balaban J connectivity index is 1.51. The molecular weight excluding hydrogens is 336 g/mol. The molecule has 1 aromatic rings. The molecule has 0 aromatic heterocycles. The van der Waals surface area contributed by atoms with Gasteiger partial charge in [-0.2, -0.15) is 0 Å². The Bertz CT molecular complexity index is 704. The van der Waals surface area contributed by atoms with Gasteiger partial charge in [-0.1, -0.05) is 25.1 Å². The first-order valence-corrected chi connectivity index (χ1v) is 10.5. The normalized spacial score (nSPS) is 31.8. The first-order valence-electron chi connectivity index (χ1n) is 10.5. The predicted molar refractivity (Wildman–Crippen MR) is 109 cm³/mol. The molecule has 0 unspecified atom stereocenters. The molecule has 4 heteroatoms. The van der Waals surface area contributed by atoms with Gasteiger partial charge in [-0.3, -0.25) is 9.79 Å². The molecule has 0 heterocycles. The van der Waals surface area contributed by atoms with Gasteiger partial charge in [-0.15, -0.1) is 0 Å². The van der Waals surface area contributed by atoms with Crippen molar-refractivity contribution < 1.29 is 9.53 Å². The summed E-state index contributed by atoms with van der Waals surface area (Å²) >= 11 is 0. The van der Waals surface area contributed by atoms with Crippen LogP contribution in [0.1, 0.15) is 57.4 Å². The summed E-state index contributed by atoms with van der Waals surface area (Å²) in [5.74, 6) is 3.15. The number of hydrogen-bond acceptors (Lipinski definition) is 3. The largest absolute Gasteiger partial charge is 0.458 e. The van der Waals surface area contributed by atoms with Crippen molar-refractivity contribution >= 4 is 17.5 Å². The number of carbonyl (C=O) groups excluding carboxylic acids is 1. The number of carbonyl (C=O) groups is 1.